The molecule has 0 amide bonds. The number of hydrogen-bond donors (Lipinski definition) is 1. The van der Waals surface area contributed by atoms with E-state index in [0.29, 0.717) is 4.34 Å². The first kappa shape index (κ1) is 8.48. The Morgan fingerprint density at radius 1 is 1.73 bits per heavy atom. The van der Waals surface area contributed by atoms with Crippen molar-refractivity contribution < 1.29 is 9.90 Å². The SMILES string of the molecule is CCSc1nnc(C(=O)O)s1. The summed E-state index contributed by atoms with van der Waals surface area (Å²) in [6, 6.07) is 0. The maximum atomic E-state index is 10.3. The Kier molecular flexibility index (Phi) is 2.84. The van der Waals surface area contributed by atoms with E-state index in [1.165, 1.54) is 11.8 Å². The number of hydrogen-bond acceptors (Lipinski definition) is 5. The molecular weight excluding hydrogens is 184 g/mol. The minimum atomic E-state index is -1.01. The van der Waals surface area contributed by atoms with Gasteiger partial charge in [-0.3, -0.25) is 0 Å². The predicted octanol–water partition coefficient (Wildman–Crippen LogP) is 1.35. The van der Waals surface area contributed by atoms with E-state index in [1.54, 1.807) is 0 Å². The lowest BCUT2D eigenvalue weighted by molar-refractivity contribution is 0.0695. The van der Waals surface area contributed by atoms with Crippen LogP contribution in [0.1, 0.15) is 16.7 Å². The van der Waals surface area contributed by atoms with Crippen LogP contribution >= 0.6 is 23.1 Å². The summed E-state index contributed by atoms with van der Waals surface area (Å²) in [5.74, 6) is -0.126. The summed E-state index contributed by atoms with van der Waals surface area (Å²) in [5, 5.41) is 15.7. The molecule has 0 aliphatic rings. The Labute approximate surface area is 71.7 Å². The summed E-state index contributed by atoms with van der Waals surface area (Å²) < 4.78 is 0.713. The summed E-state index contributed by atoms with van der Waals surface area (Å²) in [6.45, 7) is 1.98. The third-order valence-electron chi connectivity index (χ3n) is 0.857. The second-order valence-corrected chi connectivity index (χ2v) is 4.10. The third kappa shape index (κ3) is 2.16. The molecule has 1 aromatic rings. The van der Waals surface area contributed by atoms with Gasteiger partial charge in [-0.05, 0) is 5.75 Å². The molecule has 0 saturated heterocycles. The molecule has 6 heteroatoms. The van der Waals surface area contributed by atoms with Crippen molar-refractivity contribution in [1.29, 1.82) is 0 Å². The van der Waals surface area contributed by atoms with Gasteiger partial charge in [-0.25, -0.2) is 4.79 Å². The molecule has 60 valence electrons. The molecule has 0 unspecified atom stereocenters. The quantitative estimate of drug-likeness (QED) is 0.729. The van der Waals surface area contributed by atoms with E-state index in [4.69, 9.17) is 5.11 Å². The van der Waals surface area contributed by atoms with Crippen LogP contribution in [0.25, 0.3) is 0 Å². The molecule has 1 N–H and O–H groups in total. The van der Waals surface area contributed by atoms with Crippen LogP contribution in [0.2, 0.25) is 0 Å². The zero-order valence-corrected chi connectivity index (χ0v) is 7.41. The molecule has 0 fully saturated rings. The molecule has 0 spiro atoms. The Balaban J connectivity index is 2.73. The number of carboxylic acid groups (broad SMARTS) is 1. The summed E-state index contributed by atoms with van der Waals surface area (Å²) in [6.07, 6.45) is 0. The molecule has 1 aromatic heterocycles. The lowest BCUT2D eigenvalue weighted by Gasteiger charge is -1.83. The highest BCUT2D eigenvalue weighted by Crippen LogP contribution is 2.21. The highest BCUT2D eigenvalue weighted by Gasteiger charge is 2.09. The summed E-state index contributed by atoms with van der Waals surface area (Å²) in [4.78, 5) is 10.3. The fraction of sp³-hybridized carbons (Fsp3) is 0.400. The highest BCUT2D eigenvalue weighted by molar-refractivity contribution is 8.01. The lowest BCUT2D eigenvalue weighted by Crippen LogP contribution is -1.93. The topological polar surface area (TPSA) is 63.1 Å². The summed E-state index contributed by atoms with van der Waals surface area (Å²) in [7, 11) is 0. The Bertz CT molecular complexity index is 261. The van der Waals surface area contributed by atoms with Crippen molar-refractivity contribution in [1.82, 2.24) is 10.2 Å². The first-order valence-electron chi connectivity index (χ1n) is 2.93. The Morgan fingerprint density at radius 3 is 2.91 bits per heavy atom. The standard InChI is InChI=1S/C5H6N2O2S2/c1-2-10-5-7-6-3(11-5)4(8)9/h2H2,1H3,(H,8,9). The first-order chi connectivity index (χ1) is 5.24. The highest BCUT2D eigenvalue weighted by atomic mass is 32.2. The Hall–Kier alpha value is -0.620. The summed E-state index contributed by atoms with van der Waals surface area (Å²) in [5.41, 5.74) is 0. The molecular formula is C5H6N2O2S2. The number of thioether (sulfide) groups is 1. The average molecular weight is 190 g/mol. The van der Waals surface area contributed by atoms with Crippen molar-refractivity contribution in [2.45, 2.75) is 11.3 Å². The van der Waals surface area contributed by atoms with E-state index < -0.39 is 5.97 Å². The van der Waals surface area contributed by atoms with Crippen molar-refractivity contribution in [3.05, 3.63) is 5.01 Å². The first-order valence-corrected chi connectivity index (χ1v) is 4.74. The summed E-state index contributed by atoms with van der Waals surface area (Å²) >= 11 is 2.60. The second kappa shape index (κ2) is 3.68. The molecule has 1 rings (SSSR count). The van der Waals surface area contributed by atoms with Crippen molar-refractivity contribution in [2.24, 2.45) is 0 Å². The average Bonchev–Trinajstić information content (AvgIpc) is 2.37. The monoisotopic (exact) mass is 190 g/mol. The number of rotatable bonds is 3. The second-order valence-electron chi connectivity index (χ2n) is 1.61. The van der Waals surface area contributed by atoms with Gasteiger partial charge in [0.05, 0.1) is 0 Å². The molecule has 0 saturated carbocycles. The van der Waals surface area contributed by atoms with Crippen LogP contribution in [0, 0.1) is 0 Å². The number of carbonyl (C=O) groups is 1. The van der Waals surface area contributed by atoms with E-state index in [9.17, 15) is 4.79 Å². The smallest absolute Gasteiger partial charge is 0.367 e. The number of aromatic carboxylic acids is 1. The van der Waals surface area contributed by atoms with Crippen molar-refractivity contribution in [3.8, 4) is 0 Å². The minimum Gasteiger partial charge on any atom is -0.476 e. The molecule has 0 aliphatic heterocycles. The number of carboxylic acids is 1. The van der Waals surface area contributed by atoms with E-state index in [-0.39, 0.29) is 5.01 Å². The molecule has 0 atom stereocenters. The van der Waals surface area contributed by atoms with Crippen LogP contribution < -0.4 is 0 Å². The van der Waals surface area contributed by atoms with Crippen LogP contribution in [0.4, 0.5) is 0 Å². The van der Waals surface area contributed by atoms with Gasteiger partial charge in [-0.2, -0.15) is 0 Å². The fourth-order valence-electron chi connectivity index (χ4n) is 0.478. The van der Waals surface area contributed by atoms with Gasteiger partial charge >= 0.3 is 5.97 Å². The predicted molar refractivity (Wildman–Crippen MR) is 43.3 cm³/mol. The van der Waals surface area contributed by atoms with Gasteiger partial charge in [0.1, 0.15) is 0 Å². The Morgan fingerprint density at radius 2 is 2.45 bits per heavy atom. The van der Waals surface area contributed by atoms with E-state index in [2.05, 4.69) is 10.2 Å². The third-order valence-corrected chi connectivity index (χ3v) is 2.78. The number of aromatic nitrogens is 2. The van der Waals surface area contributed by atoms with Crippen LogP contribution in [0.15, 0.2) is 4.34 Å². The van der Waals surface area contributed by atoms with Crippen LogP contribution in [0.5, 0.6) is 0 Å². The van der Waals surface area contributed by atoms with Gasteiger partial charge in [0.15, 0.2) is 4.34 Å². The van der Waals surface area contributed by atoms with E-state index in [0.717, 1.165) is 17.1 Å². The van der Waals surface area contributed by atoms with Crippen LogP contribution in [-0.4, -0.2) is 27.0 Å². The normalized spacial score (nSPS) is 9.91. The molecule has 0 aliphatic carbocycles. The molecule has 0 aromatic carbocycles. The van der Waals surface area contributed by atoms with Gasteiger partial charge < -0.3 is 5.11 Å². The van der Waals surface area contributed by atoms with Gasteiger partial charge in [0.25, 0.3) is 0 Å². The van der Waals surface area contributed by atoms with E-state index >= 15 is 0 Å². The van der Waals surface area contributed by atoms with E-state index in [1.807, 2.05) is 6.92 Å². The number of nitrogens with zero attached hydrogens (tertiary/aromatic N) is 2. The zero-order chi connectivity index (χ0) is 8.27. The largest absolute Gasteiger partial charge is 0.476 e. The molecule has 0 bridgehead atoms. The zero-order valence-electron chi connectivity index (χ0n) is 5.77. The van der Waals surface area contributed by atoms with Gasteiger partial charge in [-0.15, -0.1) is 10.2 Å². The van der Waals surface area contributed by atoms with Gasteiger partial charge in [0.2, 0.25) is 5.01 Å². The van der Waals surface area contributed by atoms with Crippen LogP contribution in [0.3, 0.4) is 0 Å². The van der Waals surface area contributed by atoms with Crippen molar-refractivity contribution in [3.63, 3.8) is 0 Å². The molecule has 11 heavy (non-hydrogen) atoms. The fourth-order valence-corrected chi connectivity index (χ4v) is 2.07. The molecule has 0 radical (unpaired) electrons. The molecule has 1 heterocycles. The maximum Gasteiger partial charge on any atom is 0.367 e. The van der Waals surface area contributed by atoms with Gasteiger partial charge in [0, 0.05) is 0 Å². The van der Waals surface area contributed by atoms with Crippen molar-refractivity contribution in [2.75, 3.05) is 5.75 Å². The minimum absolute atomic E-state index is 0.0564. The maximum absolute atomic E-state index is 10.3. The van der Waals surface area contributed by atoms with Gasteiger partial charge in [-0.1, -0.05) is 30.0 Å². The lowest BCUT2D eigenvalue weighted by atomic mass is 10.7. The molecule has 4 nitrogen and oxygen atoms in total. The van der Waals surface area contributed by atoms with Crippen LogP contribution in [-0.2, 0) is 0 Å². The van der Waals surface area contributed by atoms with Crippen molar-refractivity contribution >= 4 is 29.1 Å².